The number of carbonyl (C=O) groups is 2. The first-order valence-corrected chi connectivity index (χ1v) is 3.02. The minimum Gasteiger partial charge on any atom is -0.545 e. The molecule has 0 atom stereocenters. The van der Waals surface area contributed by atoms with Crippen molar-refractivity contribution in [2.45, 2.75) is 13.8 Å². The van der Waals surface area contributed by atoms with Crippen molar-refractivity contribution in [3.8, 4) is 0 Å². The molecule has 70 valence electrons. The molecular formula is C8H10O4PbZn+2. The van der Waals surface area contributed by atoms with Crippen LogP contribution in [0, 0.1) is 0 Å². The molecule has 0 aliphatic carbocycles. The van der Waals surface area contributed by atoms with E-state index in [0.717, 1.165) is 0 Å². The molecule has 0 aromatic heterocycles. The van der Waals surface area contributed by atoms with Gasteiger partial charge in [0.25, 0.3) is 0 Å². The van der Waals surface area contributed by atoms with Crippen LogP contribution in [0.25, 0.3) is 0 Å². The van der Waals surface area contributed by atoms with Gasteiger partial charge < -0.3 is 19.8 Å². The summed E-state index contributed by atoms with van der Waals surface area (Å²) in [5, 5.41) is 19.0. The molecule has 0 fully saturated rings. The van der Waals surface area contributed by atoms with Crippen LogP contribution in [0.1, 0.15) is 13.8 Å². The van der Waals surface area contributed by atoms with Crippen molar-refractivity contribution in [2.75, 3.05) is 0 Å². The molecule has 6 heteroatoms. The van der Waals surface area contributed by atoms with E-state index >= 15 is 0 Å². The van der Waals surface area contributed by atoms with E-state index in [2.05, 4.69) is 13.2 Å². The van der Waals surface area contributed by atoms with Gasteiger partial charge in [-0.3, -0.25) is 0 Å². The summed E-state index contributed by atoms with van der Waals surface area (Å²) in [6.07, 6.45) is 0. The summed E-state index contributed by atoms with van der Waals surface area (Å²) in [5.74, 6) is -2.37. The first kappa shape index (κ1) is 23.6. The summed E-state index contributed by atoms with van der Waals surface area (Å²) < 4.78 is 0. The van der Waals surface area contributed by atoms with Gasteiger partial charge in [-0.2, -0.15) is 0 Å². The van der Waals surface area contributed by atoms with Gasteiger partial charge in [0.1, 0.15) is 0 Å². The van der Waals surface area contributed by atoms with Gasteiger partial charge in [0.15, 0.2) is 0 Å². The molecule has 0 rings (SSSR count). The molecule has 4 nitrogen and oxygen atoms in total. The Morgan fingerprint density at radius 1 is 0.929 bits per heavy atom. The Balaban J connectivity index is -0.0000000625. The quantitative estimate of drug-likeness (QED) is 0.375. The zero-order chi connectivity index (χ0) is 10.3. The Bertz CT molecular complexity index is 177. The van der Waals surface area contributed by atoms with E-state index in [9.17, 15) is 19.8 Å². The van der Waals surface area contributed by atoms with Crippen LogP contribution in [0.4, 0.5) is 0 Å². The molecule has 0 bridgehead atoms. The van der Waals surface area contributed by atoms with Gasteiger partial charge in [-0.05, 0) is 25.0 Å². The van der Waals surface area contributed by atoms with E-state index in [-0.39, 0.29) is 57.9 Å². The van der Waals surface area contributed by atoms with Crippen LogP contribution in [0.15, 0.2) is 24.3 Å². The fraction of sp³-hybridized carbons (Fsp3) is 0.250. The van der Waals surface area contributed by atoms with E-state index in [0.29, 0.717) is 0 Å². The number of aliphatic carboxylic acids is 2. The number of rotatable bonds is 2. The normalized spacial score (nSPS) is 6.43. The topological polar surface area (TPSA) is 80.3 Å². The Morgan fingerprint density at radius 2 is 1.00 bits per heavy atom. The Morgan fingerprint density at radius 3 is 1.00 bits per heavy atom. The predicted molar refractivity (Wildman–Crippen MR) is 45.4 cm³/mol. The average molecular weight is 443 g/mol. The maximum Gasteiger partial charge on any atom is 2.00 e. The second kappa shape index (κ2) is 13.0. The van der Waals surface area contributed by atoms with E-state index in [1.54, 1.807) is 0 Å². The number of carbonyl (C=O) groups excluding carboxylic acids is 2. The largest absolute Gasteiger partial charge is 2.00 e. The van der Waals surface area contributed by atoms with Gasteiger partial charge in [0.2, 0.25) is 0 Å². The first-order chi connectivity index (χ1) is 5.29. The van der Waals surface area contributed by atoms with Gasteiger partial charge in [0.05, 0.1) is 11.9 Å². The fourth-order valence-corrected chi connectivity index (χ4v) is 0. The molecule has 0 heterocycles. The van der Waals surface area contributed by atoms with Crippen molar-refractivity contribution in [1.29, 1.82) is 0 Å². The molecular weight excluding hydrogens is 433 g/mol. The summed E-state index contributed by atoms with van der Waals surface area (Å²) in [6, 6.07) is 0. The maximum absolute atomic E-state index is 9.49. The summed E-state index contributed by atoms with van der Waals surface area (Å²) >= 11 is 0. The second-order valence-corrected chi connectivity index (χ2v) is 2.14. The smallest absolute Gasteiger partial charge is 0.545 e. The van der Waals surface area contributed by atoms with E-state index in [4.69, 9.17) is 0 Å². The summed E-state index contributed by atoms with van der Waals surface area (Å²) in [5.41, 5.74) is 0.130. The fourth-order valence-electron chi connectivity index (χ4n) is 0. The number of carboxylic acid groups (broad SMARTS) is 2. The third-order valence-corrected chi connectivity index (χ3v) is 0.697. The SMILES string of the molecule is C=C(C)C(=O)[O-].C=C(C)C(=O)[O-].[Pb+2].[Zn+2]. The van der Waals surface area contributed by atoms with Gasteiger partial charge >= 0.3 is 46.8 Å². The minimum absolute atomic E-state index is 0. The van der Waals surface area contributed by atoms with E-state index < -0.39 is 11.9 Å². The molecule has 0 spiro atoms. The molecule has 0 aromatic carbocycles. The van der Waals surface area contributed by atoms with Crippen LogP contribution in [-0.2, 0) is 29.1 Å². The monoisotopic (exact) mass is 442 g/mol. The third-order valence-electron chi connectivity index (χ3n) is 0.697. The molecule has 0 amide bonds. The van der Waals surface area contributed by atoms with Gasteiger partial charge in [-0.15, -0.1) is 0 Å². The number of hydrogen-bond acceptors (Lipinski definition) is 4. The Hall–Kier alpha value is -0.0345. The van der Waals surface area contributed by atoms with Crippen molar-refractivity contribution in [1.82, 2.24) is 0 Å². The molecule has 0 saturated carbocycles. The number of hydrogen-bond donors (Lipinski definition) is 0. The van der Waals surface area contributed by atoms with Gasteiger partial charge in [-0.1, -0.05) is 13.2 Å². The van der Waals surface area contributed by atoms with Crippen LogP contribution in [0.3, 0.4) is 0 Å². The molecule has 0 N–H and O–H groups in total. The van der Waals surface area contributed by atoms with Gasteiger partial charge in [0, 0.05) is 0 Å². The molecule has 0 aromatic rings. The third kappa shape index (κ3) is 22.7. The van der Waals surface area contributed by atoms with Crippen LogP contribution >= 0.6 is 0 Å². The van der Waals surface area contributed by atoms with E-state index in [1.807, 2.05) is 0 Å². The number of carboxylic acids is 2. The average Bonchev–Trinajstić information content (AvgIpc) is 1.88. The summed E-state index contributed by atoms with van der Waals surface area (Å²) in [6.45, 7) is 8.95. The Labute approximate surface area is 116 Å². The molecule has 14 heavy (non-hydrogen) atoms. The maximum atomic E-state index is 9.49. The van der Waals surface area contributed by atoms with Crippen molar-refractivity contribution < 1.29 is 39.3 Å². The van der Waals surface area contributed by atoms with Crippen LogP contribution < -0.4 is 10.2 Å². The van der Waals surface area contributed by atoms with Crippen molar-refractivity contribution in [3.05, 3.63) is 24.3 Å². The zero-order valence-electron chi connectivity index (χ0n) is 8.25. The first-order valence-electron chi connectivity index (χ1n) is 3.02. The second-order valence-electron chi connectivity index (χ2n) is 2.14. The molecule has 0 saturated heterocycles. The van der Waals surface area contributed by atoms with Crippen molar-refractivity contribution in [3.63, 3.8) is 0 Å². The summed E-state index contributed by atoms with van der Waals surface area (Å²) in [4.78, 5) is 19.0. The van der Waals surface area contributed by atoms with Crippen molar-refractivity contribution >= 4 is 39.2 Å². The molecule has 0 aliphatic rings. The predicted octanol–water partition coefficient (Wildman–Crippen LogP) is -1.76. The standard InChI is InChI=1S/2C4H6O2.Pb.Zn/c2*1-3(2)4(5)6;;/h2*1H2,2H3,(H,5,6);;/q;;2*+2/p-2. The summed E-state index contributed by atoms with van der Waals surface area (Å²) in [7, 11) is 0. The van der Waals surface area contributed by atoms with Crippen LogP contribution in [-0.4, -0.2) is 39.2 Å². The van der Waals surface area contributed by atoms with Crippen LogP contribution in [0.5, 0.6) is 0 Å². The minimum atomic E-state index is -1.19. The van der Waals surface area contributed by atoms with Crippen molar-refractivity contribution in [2.24, 2.45) is 0 Å². The zero-order valence-corrected chi connectivity index (χ0v) is 15.1. The van der Waals surface area contributed by atoms with Gasteiger partial charge in [-0.25, -0.2) is 0 Å². The van der Waals surface area contributed by atoms with E-state index in [1.165, 1.54) is 13.8 Å². The molecule has 0 aliphatic heterocycles. The molecule has 0 unspecified atom stereocenters. The van der Waals surface area contributed by atoms with Crippen LogP contribution in [0.2, 0.25) is 0 Å². The Kier molecular flexibility index (Phi) is 21.9. The molecule has 2 radical (unpaired) electrons.